The number of para-hydroxylation sites is 1. The molecule has 0 unspecified atom stereocenters. The van der Waals surface area contributed by atoms with Gasteiger partial charge in [-0.3, -0.25) is 9.56 Å². The van der Waals surface area contributed by atoms with E-state index in [0.29, 0.717) is 11.5 Å². The monoisotopic (exact) mass is 462 g/mol. The van der Waals surface area contributed by atoms with Crippen LogP contribution in [0.3, 0.4) is 0 Å². The van der Waals surface area contributed by atoms with Crippen molar-refractivity contribution >= 4 is 28.0 Å². The van der Waals surface area contributed by atoms with Crippen molar-refractivity contribution in [1.29, 1.82) is 0 Å². The molecule has 6 heteroatoms. The first-order chi connectivity index (χ1) is 17.0. The molecule has 0 spiro atoms. The van der Waals surface area contributed by atoms with Crippen LogP contribution in [0.1, 0.15) is 11.4 Å². The molecule has 5 rings (SSSR count). The highest BCUT2D eigenvalue weighted by Gasteiger charge is 2.11. The molecule has 2 aromatic heterocycles. The Bertz CT molecular complexity index is 1680. The van der Waals surface area contributed by atoms with Gasteiger partial charge in [-0.25, -0.2) is 4.68 Å². The molecule has 0 aliphatic heterocycles. The van der Waals surface area contributed by atoms with Gasteiger partial charge in [-0.15, -0.1) is 0 Å². The molecule has 0 aliphatic rings. The van der Waals surface area contributed by atoms with Crippen LogP contribution in [0.2, 0.25) is 0 Å². The minimum Gasteiger partial charge on any atom is -0.457 e. The lowest BCUT2D eigenvalue weighted by atomic mass is 10.1. The SMILES string of the molecule is CN=C/C=C(/F)C#Cn1c2ccccc2c2ccc(Oc3cccc(-n4nc(C)cc4C)c3)cc21. The molecule has 172 valence electrons. The molecule has 0 atom stereocenters. The molecule has 0 amide bonds. The first-order valence-corrected chi connectivity index (χ1v) is 11.2. The number of benzene rings is 3. The van der Waals surface area contributed by atoms with Gasteiger partial charge in [-0.05, 0) is 56.2 Å². The van der Waals surface area contributed by atoms with E-state index in [4.69, 9.17) is 4.74 Å². The maximum absolute atomic E-state index is 14.1. The lowest BCUT2D eigenvalue weighted by molar-refractivity contribution is 0.483. The highest BCUT2D eigenvalue weighted by Crippen LogP contribution is 2.33. The minimum absolute atomic E-state index is 0.560. The third-order valence-electron chi connectivity index (χ3n) is 5.61. The number of aliphatic imine (C=N–C) groups is 1. The van der Waals surface area contributed by atoms with E-state index in [9.17, 15) is 4.39 Å². The number of halogens is 1. The number of allylic oxidation sites excluding steroid dienone is 2. The molecule has 0 fully saturated rings. The van der Waals surface area contributed by atoms with E-state index in [2.05, 4.69) is 22.1 Å². The van der Waals surface area contributed by atoms with Gasteiger partial charge >= 0.3 is 0 Å². The zero-order valence-electron chi connectivity index (χ0n) is 19.7. The lowest BCUT2D eigenvalue weighted by Crippen LogP contribution is -1.99. The van der Waals surface area contributed by atoms with Crippen molar-refractivity contribution in [3.63, 3.8) is 0 Å². The summed E-state index contributed by atoms with van der Waals surface area (Å²) in [6, 6.07) is 26.6. The molecule has 5 nitrogen and oxygen atoms in total. The predicted octanol–water partition coefficient (Wildman–Crippen LogP) is 6.75. The zero-order chi connectivity index (χ0) is 24.4. The molecule has 0 radical (unpaired) electrons. The summed E-state index contributed by atoms with van der Waals surface area (Å²) < 4.78 is 24.0. The Balaban J connectivity index is 1.56. The fourth-order valence-electron chi connectivity index (χ4n) is 4.13. The van der Waals surface area contributed by atoms with E-state index in [1.807, 2.05) is 91.3 Å². The Kier molecular flexibility index (Phi) is 5.90. The van der Waals surface area contributed by atoms with Gasteiger partial charge in [0.2, 0.25) is 0 Å². The largest absolute Gasteiger partial charge is 0.457 e. The van der Waals surface area contributed by atoms with Gasteiger partial charge in [0.15, 0.2) is 5.83 Å². The predicted molar refractivity (Wildman–Crippen MR) is 139 cm³/mol. The van der Waals surface area contributed by atoms with Crippen LogP contribution in [0.15, 0.2) is 89.7 Å². The molecule has 0 aliphatic carbocycles. The van der Waals surface area contributed by atoms with Gasteiger partial charge in [0, 0.05) is 54.0 Å². The Morgan fingerprint density at radius 2 is 1.74 bits per heavy atom. The highest BCUT2D eigenvalue weighted by molar-refractivity contribution is 6.09. The average molecular weight is 463 g/mol. The van der Waals surface area contributed by atoms with Crippen LogP contribution in [0, 0.1) is 25.8 Å². The number of fused-ring (bicyclic) bond motifs is 3. The molecular formula is C29H23FN4O. The maximum Gasteiger partial charge on any atom is 0.176 e. The maximum atomic E-state index is 14.1. The summed E-state index contributed by atoms with van der Waals surface area (Å²) >= 11 is 0. The second kappa shape index (κ2) is 9.32. The highest BCUT2D eigenvalue weighted by atomic mass is 19.1. The van der Waals surface area contributed by atoms with Crippen molar-refractivity contribution < 1.29 is 9.13 Å². The first-order valence-electron chi connectivity index (χ1n) is 11.2. The van der Waals surface area contributed by atoms with Crippen molar-refractivity contribution in [2.75, 3.05) is 7.05 Å². The van der Waals surface area contributed by atoms with Crippen molar-refractivity contribution in [3.8, 4) is 29.2 Å². The third kappa shape index (κ3) is 4.44. The van der Waals surface area contributed by atoms with Crippen LogP contribution in [0.4, 0.5) is 4.39 Å². The van der Waals surface area contributed by atoms with E-state index in [0.717, 1.165) is 38.9 Å². The quantitative estimate of drug-likeness (QED) is 0.219. The van der Waals surface area contributed by atoms with E-state index in [1.54, 1.807) is 11.6 Å². The average Bonchev–Trinajstić information content (AvgIpc) is 3.37. The smallest absolute Gasteiger partial charge is 0.176 e. The van der Waals surface area contributed by atoms with Crippen molar-refractivity contribution in [3.05, 3.63) is 96.1 Å². The van der Waals surface area contributed by atoms with Crippen molar-refractivity contribution in [1.82, 2.24) is 14.3 Å². The Hall–Kier alpha value is -4.63. The summed E-state index contributed by atoms with van der Waals surface area (Å²) in [6.45, 7) is 3.99. The molecular weight excluding hydrogens is 439 g/mol. The zero-order valence-corrected chi connectivity index (χ0v) is 19.7. The fourth-order valence-corrected chi connectivity index (χ4v) is 4.13. The second-order valence-electron chi connectivity index (χ2n) is 8.13. The van der Waals surface area contributed by atoms with Crippen LogP contribution in [0.5, 0.6) is 11.5 Å². The molecule has 5 aromatic rings. The normalized spacial score (nSPS) is 11.8. The molecule has 35 heavy (non-hydrogen) atoms. The van der Waals surface area contributed by atoms with Gasteiger partial charge in [-0.1, -0.05) is 24.3 Å². The Morgan fingerprint density at radius 3 is 2.54 bits per heavy atom. The number of rotatable bonds is 4. The van der Waals surface area contributed by atoms with Crippen LogP contribution in [-0.2, 0) is 0 Å². The van der Waals surface area contributed by atoms with Gasteiger partial charge in [0.25, 0.3) is 0 Å². The Morgan fingerprint density at radius 1 is 0.943 bits per heavy atom. The summed E-state index contributed by atoms with van der Waals surface area (Å²) in [6.07, 6.45) is 2.62. The third-order valence-corrected chi connectivity index (χ3v) is 5.61. The topological polar surface area (TPSA) is 44.3 Å². The lowest BCUT2D eigenvalue weighted by Gasteiger charge is -2.09. The van der Waals surface area contributed by atoms with Gasteiger partial charge in [-0.2, -0.15) is 9.49 Å². The molecule has 0 bridgehead atoms. The number of aryl methyl sites for hydroxylation is 2. The standard InChI is InChI=1S/C29H23FN4O/c1-20-17-21(2)34(32-20)23-7-6-8-24(18-23)35-25-11-12-27-26-9-4-5-10-28(26)33(29(27)19-25)16-14-22(30)13-15-31-3/h4-13,15,17-19H,1-3H3/b22-13+,31-15?. The minimum atomic E-state index is -0.560. The fraction of sp³-hybridized carbons (Fsp3) is 0.103. The summed E-state index contributed by atoms with van der Waals surface area (Å²) in [5.41, 5.74) is 4.67. The number of hydrogen-bond donors (Lipinski definition) is 0. The van der Waals surface area contributed by atoms with E-state index >= 15 is 0 Å². The number of hydrogen-bond acceptors (Lipinski definition) is 3. The Labute approximate surface area is 202 Å². The van der Waals surface area contributed by atoms with E-state index < -0.39 is 5.83 Å². The molecule has 3 aromatic carbocycles. The van der Waals surface area contributed by atoms with Crippen LogP contribution in [0.25, 0.3) is 27.5 Å². The van der Waals surface area contributed by atoms with Crippen LogP contribution in [-0.4, -0.2) is 27.6 Å². The molecule has 0 N–H and O–H groups in total. The summed E-state index contributed by atoms with van der Waals surface area (Å²) in [5.74, 6) is 3.36. The van der Waals surface area contributed by atoms with Crippen LogP contribution >= 0.6 is 0 Å². The number of ether oxygens (including phenoxy) is 1. The molecule has 0 saturated carbocycles. The van der Waals surface area contributed by atoms with Crippen LogP contribution < -0.4 is 4.74 Å². The summed E-state index contributed by atoms with van der Waals surface area (Å²) in [5, 5.41) is 6.61. The van der Waals surface area contributed by atoms with Gasteiger partial charge in [0.1, 0.15) is 11.5 Å². The van der Waals surface area contributed by atoms with Gasteiger partial charge < -0.3 is 4.74 Å². The second-order valence-corrected chi connectivity index (χ2v) is 8.13. The molecule has 2 heterocycles. The number of aromatic nitrogens is 3. The van der Waals surface area contributed by atoms with E-state index in [-0.39, 0.29) is 0 Å². The summed E-state index contributed by atoms with van der Waals surface area (Å²) in [7, 11) is 1.58. The molecule has 0 saturated heterocycles. The first kappa shape index (κ1) is 22.2. The van der Waals surface area contributed by atoms with Crippen molar-refractivity contribution in [2.24, 2.45) is 4.99 Å². The number of nitrogens with zero attached hydrogens (tertiary/aromatic N) is 4. The van der Waals surface area contributed by atoms with E-state index in [1.165, 1.54) is 12.3 Å². The summed E-state index contributed by atoms with van der Waals surface area (Å²) in [4.78, 5) is 3.77. The van der Waals surface area contributed by atoms with Crippen molar-refractivity contribution in [2.45, 2.75) is 13.8 Å². The van der Waals surface area contributed by atoms with Gasteiger partial charge in [0.05, 0.1) is 22.4 Å².